The third kappa shape index (κ3) is 4.62. The second-order valence-corrected chi connectivity index (χ2v) is 8.52. The zero-order valence-corrected chi connectivity index (χ0v) is 17.1. The molecule has 0 bridgehead atoms. The Morgan fingerprint density at radius 1 is 1.00 bits per heavy atom. The van der Waals surface area contributed by atoms with E-state index >= 15 is 0 Å². The molecule has 0 aliphatic heterocycles. The number of carbonyl (C=O) groups excluding carboxylic acids is 3. The van der Waals surface area contributed by atoms with E-state index < -0.39 is 40.8 Å². The highest BCUT2D eigenvalue weighted by atomic mass is 16.5. The summed E-state index contributed by atoms with van der Waals surface area (Å²) in [5, 5.41) is 22.9. The molecule has 0 aliphatic carbocycles. The van der Waals surface area contributed by atoms with Crippen LogP contribution in [0.4, 0.5) is 0 Å². The third-order valence-corrected chi connectivity index (χ3v) is 4.46. The van der Waals surface area contributed by atoms with E-state index in [-0.39, 0.29) is 23.6 Å². The maximum atomic E-state index is 12.2. The number of carboxylic acid groups (broad SMARTS) is 2. The van der Waals surface area contributed by atoms with Crippen molar-refractivity contribution in [3.05, 3.63) is 23.8 Å². The molecule has 156 valence electrons. The quantitative estimate of drug-likeness (QED) is 0.604. The van der Waals surface area contributed by atoms with Crippen LogP contribution in [0.2, 0.25) is 0 Å². The molecule has 0 aliphatic rings. The first-order valence-electron chi connectivity index (χ1n) is 8.78. The summed E-state index contributed by atoms with van der Waals surface area (Å²) in [5.74, 6) is -3.36. The van der Waals surface area contributed by atoms with Crippen LogP contribution in [0.15, 0.2) is 18.2 Å². The zero-order valence-electron chi connectivity index (χ0n) is 17.1. The summed E-state index contributed by atoms with van der Waals surface area (Å²) in [7, 11) is 0. The van der Waals surface area contributed by atoms with E-state index in [9.17, 15) is 24.6 Å². The van der Waals surface area contributed by atoms with E-state index in [4.69, 9.17) is 15.2 Å². The van der Waals surface area contributed by atoms with E-state index in [2.05, 4.69) is 0 Å². The van der Waals surface area contributed by atoms with Gasteiger partial charge in [-0.25, -0.2) is 0 Å². The molecule has 0 fully saturated rings. The number of hydrogen-bond donors (Lipinski definition) is 1. The summed E-state index contributed by atoms with van der Waals surface area (Å²) in [6.07, 6.45) is 0. The molecule has 0 heterocycles. The summed E-state index contributed by atoms with van der Waals surface area (Å²) in [6, 6.07) is 4.02. The molecule has 8 nitrogen and oxygen atoms in total. The van der Waals surface area contributed by atoms with Crippen molar-refractivity contribution in [1.82, 2.24) is 0 Å². The van der Waals surface area contributed by atoms with Gasteiger partial charge in [-0.05, 0) is 12.1 Å². The van der Waals surface area contributed by atoms with Gasteiger partial charge in [-0.1, -0.05) is 41.5 Å². The van der Waals surface area contributed by atoms with Crippen molar-refractivity contribution in [3.8, 4) is 11.5 Å². The average molecular weight is 393 g/mol. The Hall–Kier alpha value is -2.61. The standard InChI is InChI=1S/C20H29NO7/c1-18(2,3)20(17(25)26,19(4,5)6)28-12-7-8-13(14(22)10-21)15(9-12)27-11-16(23)24/h7-9H,10-11,21H2,1-6H3,(H,23,24)(H,25,26)/p-2. The first-order chi connectivity index (χ1) is 12.7. The summed E-state index contributed by atoms with van der Waals surface area (Å²) in [6.45, 7) is 9.19. The number of Topliss-reactive ketones (excluding diaryl/α,β-unsaturated/α-hetero) is 1. The molecule has 0 aromatic heterocycles. The summed E-state index contributed by atoms with van der Waals surface area (Å²) < 4.78 is 11.1. The number of rotatable bonds is 8. The van der Waals surface area contributed by atoms with Crippen LogP contribution >= 0.6 is 0 Å². The van der Waals surface area contributed by atoms with E-state index in [0.717, 1.165) is 0 Å². The van der Waals surface area contributed by atoms with Gasteiger partial charge in [-0.3, -0.25) is 4.79 Å². The Kier molecular flexibility index (Phi) is 6.84. The number of aliphatic carboxylic acids is 2. The van der Waals surface area contributed by atoms with Crippen molar-refractivity contribution in [1.29, 1.82) is 0 Å². The smallest absolute Gasteiger partial charge is 0.180 e. The van der Waals surface area contributed by atoms with Crippen LogP contribution in [0, 0.1) is 10.8 Å². The molecule has 1 aromatic rings. The lowest BCUT2D eigenvalue weighted by Crippen LogP contribution is -2.67. The minimum Gasteiger partial charge on any atom is -0.546 e. The van der Waals surface area contributed by atoms with Crippen LogP contribution in [0.25, 0.3) is 0 Å². The maximum Gasteiger partial charge on any atom is 0.180 e. The number of nitrogens with two attached hydrogens (primary N) is 1. The van der Waals surface area contributed by atoms with E-state index in [1.807, 2.05) is 0 Å². The zero-order chi connectivity index (χ0) is 21.9. The van der Waals surface area contributed by atoms with Gasteiger partial charge in [0.1, 0.15) is 18.1 Å². The van der Waals surface area contributed by atoms with E-state index in [1.165, 1.54) is 18.2 Å². The molecule has 8 heteroatoms. The predicted molar refractivity (Wildman–Crippen MR) is 97.6 cm³/mol. The molecule has 28 heavy (non-hydrogen) atoms. The van der Waals surface area contributed by atoms with Gasteiger partial charge in [0.25, 0.3) is 0 Å². The molecule has 0 saturated carbocycles. The summed E-state index contributed by atoms with van der Waals surface area (Å²) in [4.78, 5) is 34.9. The Balaban J connectivity index is 3.53. The number of ketones is 1. The highest BCUT2D eigenvalue weighted by Crippen LogP contribution is 2.47. The normalized spacial score (nSPS) is 12.4. The maximum absolute atomic E-state index is 12.2. The van der Waals surface area contributed by atoms with Gasteiger partial charge in [-0.2, -0.15) is 0 Å². The van der Waals surface area contributed by atoms with Crippen molar-refractivity contribution in [2.75, 3.05) is 13.2 Å². The molecule has 0 saturated heterocycles. The lowest BCUT2D eigenvalue weighted by molar-refractivity contribution is -0.337. The average Bonchev–Trinajstić information content (AvgIpc) is 2.54. The molecule has 0 spiro atoms. The number of benzene rings is 1. The Bertz CT molecular complexity index is 743. The van der Waals surface area contributed by atoms with Gasteiger partial charge >= 0.3 is 0 Å². The highest BCUT2D eigenvalue weighted by molar-refractivity contribution is 6.00. The van der Waals surface area contributed by atoms with Gasteiger partial charge in [-0.15, -0.1) is 0 Å². The molecule has 0 radical (unpaired) electrons. The number of ether oxygens (including phenoxy) is 2. The molecule has 1 rings (SSSR count). The molecule has 0 amide bonds. The van der Waals surface area contributed by atoms with E-state index in [0.29, 0.717) is 0 Å². The van der Waals surface area contributed by atoms with Crippen LogP contribution in [-0.2, 0) is 9.59 Å². The lowest BCUT2D eigenvalue weighted by Gasteiger charge is -2.53. The third-order valence-electron chi connectivity index (χ3n) is 4.46. The van der Waals surface area contributed by atoms with Crippen LogP contribution < -0.4 is 25.4 Å². The van der Waals surface area contributed by atoms with Crippen molar-refractivity contribution >= 4 is 17.7 Å². The number of hydrogen-bond acceptors (Lipinski definition) is 8. The van der Waals surface area contributed by atoms with Gasteiger partial charge in [0.05, 0.1) is 24.0 Å². The van der Waals surface area contributed by atoms with Crippen molar-refractivity contribution in [2.24, 2.45) is 16.6 Å². The molecular weight excluding hydrogens is 366 g/mol. The lowest BCUT2D eigenvalue weighted by atomic mass is 9.62. The van der Waals surface area contributed by atoms with Gasteiger partial charge in [0.2, 0.25) is 0 Å². The Morgan fingerprint density at radius 2 is 1.54 bits per heavy atom. The first-order valence-corrected chi connectivity index (χ1v) is 8.78. The minimum atomic E-state index is -1.75. The fraction of sp³-hybridized carbons (Fsp3) is 0.550. The van der Waals surface area contributed by atoms with Crippen molar-refractivity contribution in [3.63, 3.8) is 0 Å². The van der Waals surface area contributed by atoms with Crippen LogP contribution in [-0.4, -0.2) is 36.5 Å². The molecule has 0 atom stereocenters. The fourth-order valence-corrected chi connectivity index (χ4v) is 3.42. The monoisotopic (exact) mass is 393 g/mol. The van der Waals surface area contributed by atoms with Crippen LogP contribution in [0.5, 0.6) is 11.5 Å². The topological polar surface area (TPSA) is 142 Å². The van der Waals surface area contributed by atoms with Gasteiger partial charge in [0, 0.05) is 16.9 Å². The molecular formula is C20H27NO7-2. The predicted octanol–water partition coefficient (Wildman–Crippen LogP) is -0.0836. The van der Waals surface area contributed by atoms with E-state index in [1.54, 1.807) is 41.5 Å². The van der Waals surface area contributed by atoms with Gasteiger partial charge in [0.15, 0.2) is 11.4 Å². The molecule has 2 N–H and O–H groups in total. The Labute approximate surface area is 164 Å². The molecule has 1 aromatic carbocycles. The summed E-state index contributed by atoms with van der Waals surface area (Å²) in [5.41, 5.74) is 1.94. The van der Waals surface area contributed by atoms with Gasteiger partial charge < -0.3 is 35.0 Å². The van der Waals surface area contributed by atoms with Crippen LogP contribution in [0.3, 0.4) is 0 Å². The fourth-order valence-electron chi connectivity index (χ4n) is 3.42. The molecule has 0 unspecified atom stereocenters. The minimum absolute atomic E-state index is 0.0571. The number of carboxylic acids is 2. The summed E-state index contributed by atoms with van der Waals surface area (Å²) >= 11 is 0. The second kappa shape index (κ2) is 8.18. The highest BCUT2D eigenvalue weighted by Gasteiger charge is 2.54. The van der Waals surface area contributed by atoms with Crippen LogP contribution in [0.1, 0.15) is 51.9 Å². The Morgan fingerprint density at radius 3 is 1.93 bits per heavy atom. The largest absolute Gasteiger partial charge is 0.546 e. The van der Waals surface area contributed by atoms with Crippen molar-refractivity contribution < 1.29 is 34.1 Å². The SMILES string of the molecule is CC(C)(C)C(Oc1ccc(C(=O)CN)c(OCC(=O)[O-])c1)(C(=O)[O-])C(C)(C)C. The van der Waals surface area contributed by atoms with Crippen molar-refractivity contribution in [2.45, 2.75) is 47.1 Å². The second-order valence-electron chi connectivity index (χ2n) is 8.52. The number of carbonyl (C=O) groups is 3. The first kappa shape index (κ1) is 23.4.